The van der Waals surface area contributed by atoms with Crippen LogP contribution in [0.2, 0.25) is 0 Å². The highest BCUT2D eigenvalue weighted by molar-refractivity contribution is 7.80. The lowest BCUT2D eigenvalue weighted by Crippen LogP contribution is -2.29. The first-order valence-corrected chi connectivity index (χ1v) is 6.23. The first-order chi connectivity index (χ1) is 6.26. The van der Waals surface area contributed by atoms with Crippen molar-refractivity contribution in [2.75, 3.05) is 25.4 Å². The molecule has 13 heavy (non-hydrogen) atoms. The van der Waals surface area contributed by atoms with E-state index in [1.807, 2.05) is 0 Å². The van der Waals surface area contributed by atoms with E-state index in [0.29, 0.717) is 5.41 Å². The Labute approximate surface area is 86.3 Å². The van der Waals surface area contributed by atoms with Crippen molar-refractivity contribution in [2.45, 2.75) is 32.1 Å². The van der Waals surface area contributed by atoms with Crippen LogP contribution in [0, 0.1) is 10.8 Å². The average Bonchev–Trinajstić information content (AvgIpc) is 2.98. The molecule has 0 N–H and O–H groups in total. The van der Waals surface area contributed by atoms with Crippen LogP contribution < -0.4 is 0 Å². The molecule has 0 aromatic rings. The Morgan fingerprint density at radius 3 is 2.31 bits per heavy atom. The zero-order chi connectivity index (χ0) is 8.94. The molecule has 2 aliphatic carbocycles. The highest BCUT2D eigenvalue weighted by atomic mass is 32.1. The van der Waals surface area contributed by atoms with E-state index >= 15 is 0 Å². The first-order valence-electron chi connectivity index (χ1n) is 5.59. The van der Waals surface area contributed by atoms with Crippen molar-refractivity contribution < 1.29 is 0 Å². The van der Waals surface area contributed by atoms with Gasteiger partial charge in [0.25, 0.3) is 0 Å². The summed E-state index contributed by atoms with van der Waals surface area (Å²) in [7, 11) is 0. The van der Waals surface area contributed by atoms with Crippen LogP contribution in [-0.4, -0.2) is 30.3 Å². The highest BCUT2D eigenvalue weighted by Gasteiger charge is 2.50. The SMILES string of the molecule is SCC1(CN2CCC3(CC3)C2)CC1. The van der Waals surface area contributed by atoms with Gasteiger partial charge < -0.3 is 4.90 Å². The first kappa shape index (κ1) is 8.60. The Bertz CT molecular complexity index is 218. The van der Waals surface area contributed by atoms with Crippen LogP contribution in [0.5, 0.6) is 0 Å². The van der Waals surface area contributed by atoms with Crippen molar-refractivity contribution >= 4 is 12.6 Å². The van der Waals surface area contributed by atoms with Gasteiger partial charge in [-0.3, -0.25) is 0 Å². The Morgan fingerprint density at radius 2 is 1.85 bits per heavy atom. The summed E-state index contributed by atoms with van der Waals surface area (Å²) in [5, 5.41) is 0. The van der Waals surface area contributed by atoms with Gasteiger partial charge in [-0.2, -0.15) is 12.6 Å². The Morgan fingerprint density at radius 1 is 1.08 bits per heavy atom. The molecule has 1 saturated heterocycles. The number of hydrogen-bond donors (Lipinski definition) is 1. The molecule has 3 fully saturated rings. The normalized spacial score (nSPS) is 33.9. The maximum atomic E-state index is 4.47. The molecular formula is C11H19NS. The minimum absolute atomic E-state index is 0.642. The van der Waals surface area contributed by atoms with Gasteiger partial charge in [-0.1, -0.05) is 0 Å². The van der Waals surface area contributed by atoms with Crippen molar-refractivity contribution in [3.05, 3.63) is 0 Å². The van der Waals surface area contributed by atoms with Crippen LogP contribution in [0.25, 0.3) is 0 Å². The maximum Gasteiger partial charge on any atom is 0.00460 e. The smallest absolute Gasteiger partial charge is 0.00460 e. The highest BCUT2D eigenvalue weighted by Crippen LogP contribution is 2.54. The van der Waals surface area contributed by atoms with Crippen molar-refractivity contribution in [3.63, 3.8) is 0 Å². The lowest BCUT2D eigenvalue weighted by molar-refractivity contribution is 0.267. The molecule has 1 heterocycles. The van der Waals surface area contributed by atoms with Gasteiger partial charge in [-0.15, -0.1) is 0 Å². The molecule has 74 valence electrons. The molecule has 0 radical (unpaired) electrons. The van der Waals surface area contributed by atoms with Crippen molar-refractivity contribution in [2.24, 2.45) is 10.8 Å². The second-order valence-electron chi connectivity index (χ2n) is 5.62. The van der Waals surface area contributed by atoms with Crippen LogP contribution in [0.4, 0.5) is 0 Å². The van der Waals surface area contributed by atoms with E-state index in [9.17, 15) is 0 Å². The van der Waals surface area contributed by atoms with Crippen LogP contribution in [0.15, 0.2) is 0 Å². The van der Waals surface area contributed by atoms with E-state index in [2.05, 4.69) is 17.5 Å². The summed E-state index contributed by atoms with van der Waals surface area (Å²) in [5.74, 6) is 1.11. The van der Waals surface area contributed by atoms with E-state index < -0.39 is 0 Å². The molecule has 2 saturated carbocycles. The standard InChI is InChI=1S/C11H19NS/c13-9-11(3-4-11)8-12-6-5-10(7-12)1-2-10/h13H,1-9H2. The molecule has 3 aliphatic rings. The second kappa shape index (κ2) is 2.66. The predicted molar refractivity (Wildman–Crippen MR) is 58.2 cm³/mol. The van der Waals surface area contributed by atoms with Crippen LogP contribution >= 0.6 is 12.6 Å². The average molecular weight is 197 g/mol. The van der Waals surface area contributed by atoms with E-state index in [1.165, 1.54) is 51.7 Å². The molecule has 0 atom stereocenters. The number of likely N-dealkylation sites (tertiary alicyclic amines) is 1. The monoisotopic (exact) mass is 197 g/mol. The lowest BCUT2D eigenvalue weighted by Gasteiger charge is -2.21. The summed E-state index contributed by atoms with van der Waals surface area (Å²) in [5.41, 5.74) is 1.45. The van der Waals surface area contributed by atoms with Gasteiger partial charge in [-0.05, 0) is 55.2 Å². The number of nitrogens with zero attached hydrogens (tertiary/aromatic N) is 1. The third-order valence-corrected chi connectivity index (χ3v) is 5.00. The molecule has 0 aromatic carbocycles. The summed E-state index contributed by atoms with van der Waals surface area (Å²) in [6.07, 6.45) is 7.37. The second-order valence-corrected chi connectivity index (χ2v) is 5.93. The van der Waals surface area contributed by atoms with E-state index in [4.69, 9.17) is 0 Å². The minimum Gasteiger partial charge on any atom is -0.302 e. The minimum atomic E-state index is 0.642. The van der Waals surface area contributed by atoms with E-state index in [0.717, 1.165) is 11.2 Å². The van der Waals surface area contributed by atoms with Gasteiger partial charge >= 0.3 is 0 Å². The fourth-order valence-electron chi connectivity index (χ4n) is 2.76. The summed E-state index contributed by atoms with van der Waals surface area (Å²) in [6, 6.07) is 0. The van der Waals surface area contributed by atoms with E-state index in [-0.39, 0.29) is 0 Å². The quantitative estimate of drug-likeness (QED) is 0.679. The Hall–Kier alpha value is 0.310. The summed E-state index contributed by atoms with van der Waals surface area (Å²) < 4.78 is 0. The van der Waals surface area contributed by atoms with Crippen LogP contribution in [0.3, 0.4) is 0 Å². The predicted octanol–water partition coefficient (Wildman–Crippen LogP) is 2.18. The fraction of sp³-hybridized carbons (Fsp3) is 1.00. The molecule has 0 aromatic heterocycles. The topological polar surface area (TPSA) is 3.24 Å². The molecule has 0 unspecified atom stereocenters. The zero-order valence-corrected chi connectivity index (χ0v) is 9.15. The molecule has 0 bridgehead atoms. The molecule has 0 amide bonds. The van der Waals surface area contributed by atoms with Crippen molar-refractivity contribution in [1.29, 1.82) is 0 Å². The Balaban J connectivity index is 1.56. The largest absolute Gasteiger partial charge is 0.302 e. The number of rotatable bonds is 3. The third kappa shape index (κ3) is 1.52. The molecule has 2 heteroatoms. The third-order valence-electron chi connectivity index (χ3n) is 4.33. The van der Waals surface area contributed by atoms with Crippen molar-refractivity contribution in [1.82, 2.24) is 4.90 Å². The van der Waals surface area contributed by atoms with Gasteiger partial charge in [0.2, 0.25) is 0 Å². The van der Waals surface area contributed by atoms with Gasteiger partial charge in [0.15, 0.2) is 0 Å². The Kier molecular flexibility index (Phi) is 1.76. The van der Waals surface area contributed by atoms with Gasteiger partial charge in [0, 0.05) is 13.1 Å². The maximum absolute atomic E-state index is 4.47. The van der Waals surface area contributed by atoms with Crippen LogP contribution in [-0.2, 0) is 0 Å². The molecular weight excluding hydrogens is 178 g/mol. The fourth-order valence-corrected chi connectivity index (χ4v) is 3.18. The van der Waals surface area contributed by atoms with Gasteiger partial charge in [0.1, 0.15) is 0 Å². The lowest BCUT2D eigenvalue weighted by atomic mass is 10.1. The summed E-state index contributed by atoms with van der Waals surface area (Å²) in [4.78, 5) is 2.70. The zero-order valence-electron chi connectivity index (χ0n) is 8.26. The van der Waals surface area contributed by atoms with Crippen LogP contribution in [0.1, 0.15) is 32.1 Å². The van der Waals surface area contributed by atoms with Crippen molar-refractivity contribution in [3.8, 4) is 0 Å². The molecule has 3 rings (SSSR count). The van der Waals surface area contributed by atoms with Gasteiger partial charge in [0.05, 0.1) is 0 Å². The molecule has 1 nitrogen and oxygen atoms in total. The number of hydrogen-bond acceptors (Lipinski definition) is 2. The van der Waals surface area contributed by atoms with Gasteiger partial charge in [-0.25, -0.2) is 0 Å². The number of thiol groups is 1. The van der Waals surface area contributed by atoms with E-state index in [1.54, 1.807) is 0 Å². The molecule has 1 aliphatic heterocycles. The summed E-state index contributed by atoms with van der Waals surface area (Å²) in [6.45, 7) is 4.12. The molecule has 1 spiro atoms. The summed E-state index contributed by atoms with van der Waals surface area (Å²) >= 11 is 4.47.